The maximum absolute atomic E-state index is 6.19. The number of pyridine rings is 1. The topological polar surface area (TPSA) is 43.6 Å². The fraction of sp³-hybridized carbons (Fsp3) is 0.190. The van der Waals surface area contributed by atoms with Crippen LogP contribution in [0.2, 0.25) is 10.0 Å². The second-order valence-electron chi connectivity index (χ2n) is 6.77. The van der Waals surface area contributed by atoms with E-state index in [0.29, 0.717) is 15.3 Å². The van der Waals surface area contributed by atoms with Crippen LogP contribution in [0.25, 0.3) is 27.5 Å². The predicted octanol–water partition coefficient (Wildman–Crippen LogP) is 7.17. The molecule has 1 aromatic carbocycles. The second-order valence-corrected chi connectivity index (χ2v) is 10.5. The number of thiazole rings is 1. The summed E-state index contributed by atoms with van der Waals surface area (Å²) in [6.07, 6.45) is 5.59. The van der Waals surface area contributed by atoms with Gasteiger partial charge in [0.2, 0.25) is 5.13 Å². The van der Waals surface area contributed by atoms with Gasteiger partial charge in [0.25, 0.3) is 0 Å². The summed E-state index contributed by atoms with van der Waals surface area (Å²) in [5, 5.41) is 7.16. The van der Waals surface area contributed by atoms with E-state index in [1.54, 1.807) is 35.4 Å². The molecule has 8 heteroatoms. The standard InChI is InChI=1S/C21H18Cl2N4S2/c1-12(2)28-20-19(14-5-4-6-24-10-14)25-21(29-20)27-11-18(13(3)26-27)15-7-16(22)9-17(23)8-15/h4-12H,1-3H3. The highest BCUT2D eigenvalue weighted by Gasteiger charge is 2.18. The first-order valence-corrected chi connectivity index (χ1v) is 11.5. The average Bonchev–Trinajstić information content (AvgIpc) is 3.25. The molecule has 4 aromatic rings. The largest absolute Gasteiger partial charge is 0.264 e. The Morgan fingerprint density at radius 1 is 1.10 bits per heavy atom. The van der Waals surface area contributed by atoms with E-state index in [2.05, 4.69) is 18.8 Å². The van der Waals surface area contributed by atoms with Crippen molar-refractivity contribution in [3.8, 4) is 27.5 Å². The van der Waals surface area contributed by atoms with Crippen molar-refractivity contribution in [1.82, 2.24) is 19.7 Å². The van der Waals surface area contributed by atoms with Gasteiger partial charge in [-0.05, 0) is 42.8 Å². The molecule has 29 heavy (non-hydrogen) atoms. The minimum absolute atomic E-state index is 0.447. The van der Waals surface area contributed by atoms with Crippen LogP contribution in [0, 0.1) is 6.92 Å². The maximum atomic E-state index is 6.19. The molecule has 0 atom stereocenters. The molecule has 148 valence electrons. The fourth-order valence-electron chi connectivity index (χ4n) is 2.92. The van der Waals surface area contributed by atoms with Gasteiger partial charge in [-0.25, -0.2) is 9.67 Å². The van der Waals surface area contributed by atoms with E-state index in [1.165, 1.54) is 0 Å². The predicted molar refractivity (Wildman–Crippen MR) is 124 cm³/mol. The van der Waals surface area contributed by atoms with Crippen LogP contribution in [0.4, 0.5) is 0 Å². The van der Waals surface area contributed by atoms with Crippen LogP contribution in [-0.4, -0.2) is 25.0 Å². The second kappa shape index (κ2) is 8.48. The Balaban J connectivity index is 1.78. The van der Waals surface area contributed by atoms with E-state index in [0.717, 1.165) is 37.4 Å². The lowest BCUT2D eigenvalue weighted by Gasteiger charge is -2.03. The smallest absolute Gasteiger partial charge is 0.211 e. The van der Waals surface area contributed by atoms with Crippen LogP contribution in [-0.2, 0) is 0 Å². The molecule has 3 heterocycles. The Morgan fingerprint density at radius 2 is 1.86 bits per heavy atom. The molecular weight excluding hydrogens is 443 g/mol. The normalized spacial score (nSPS) is 11.4. The first kappa shape index (κ1) is 20.4. The zero-order chi connectivity index (χ0) is 20.5. The first-order chi connectivity index (χ1) is 13.9. The van der Waals surface area contributed by atoms with Gasteiger partial charge in [-0.2, -0.15) is 5.10 Å². The molecule has 0 bridgehead atoms. The molecule has 4 nitrogen and oxygen atoms in total. The van der Waals surface area contributed by atoms with Crippen molar-refractivity contribution in [2.75, 3.05) is 0 Å². The number of thioether (sulfide) groups is 1. The number of rotatable bonds is 5. The van der Waals surface area contributed by atoms with Crippen LogP contribution >= 0.6 is 46.3 Å². The van der Waals surface area contributed by atoms with Crippen molar-refractivity contribution in [3.05, 3.63) is 64.7 Å². The minimum atomic E-state index is 0.447. The summed E-state index contributed by atoms with van der Waals surface area (Å²) in [5.41, 5.74) is 4.75. The highest BCUT2D eigenvalue weighted by atomic mass is 35.5. The summed E-state index contributed by atoms with van der Waals surface area (Å²) >= 11 is 15.8. The number of hydrogen-bond donors (Lipinski definition) is 0. The van der Waals surface area contributed by atoms with Gasteiger partial charge in [0.1, 0.15) is 0 Å². The molecule has 0 amide bonds. The highest BCUT2D eigenvalue weighted by Crippen LogP contribution is 2.39. The van der Waals surface area contributed by atoms with Crippen molar-refractivity contribution < 1.29 is 0 Å². The SMILES string of the molecule is Cc1nn(-c2nc(-c3cccnc3)c(SC(C)C)s2)cc1-c1cc(Cl)cc(Cl)c1. The van der Waals surface area contributed by atoms with E-state index in [4.69, 9.17) is 33.3 Å². The molecule has 0 N–H and O–H groups in total. The maximum Gasteiger partial charge on any atom is 0.211 e. The van der Waals surface area contributed by atoms with Gasteiger partial charge in [-0.1, -0.05) is 48.4 Å². The Morgan fingerprint density at radius 3 is 2.52 bits per heavy atom. The fourth-order valence-corrected chi connectivity index (χ4v) is 5.90. The summed E-state index contributed by atoms with van der Waals surface area (Å²) in [6, 6.07) is 9.47. The number of aromatic nitrogens is 4. The third kappa shape index (κ3) is 4.51. The van der Waals surface area contributed by atoms with E-state index in [1.807, 2.05) is 48.3 Å². The van der Waals surface area contributed by atoms with Crippen LogP contribution in [0.15, 0.2) is 53.1 Å². The van der Waals surface area contributed by atoms with Crippen molar-refractivity contribution in [2.45, 2.75) is 30.2 Å². The summed E-state index contributed by atoms with van der Waals surface area (Å²) in [4.78, 5) is 9.14. The number of hydrogen-bond acceptors (Lipinski definition) is 5. The van der Waals surface area contributed by atoms with Crippen LogP contribution in [0.5, 0.6) is 0 Å². The molecule has 0 radical (unpaired) electrons. The highest BCUT2D eigenvalue weighted by molar-refractivity contribution is 8.01. The van der Waals surface area contributed by atoms with E-state index < -0.39 is 0 Å². The molecule has 0 saturated heterocycles. The van der Waals surface area contributed by atoms with Gasteiger partial charge in [0, 0.05) is 45.0 Å². The van der Waals surface area contributed by atoms with Crippen LogP contribution in [0.1, 0.15) is 19.5 Å². The van der Waals surface area contributed by atoms with Gasteiger partial charge in [0.05, 0.1) is 15.6 Å². The third-order valence-corrected chi connectivity index (χ3v) is 6.82. The number of benzene rings is 1. The summed E-state index contributed by atoms with van der Waals surface area (Å²) < 4.78 is 2.98. The van der Waals surface area contributed by atoms with Gasteiger partial charge < -0.3 is 0 Å². The van der Waals surface area contributed by atoms with Crippen LogP contribution < -0.4 is 0 Å². The van der Waals surface area contributed by atoms with Crippen LogP contribution in [0.3, 0.4) is 0 Å². The van der Waals surface area contributed by atoms with Crippen molar-refractivity contribution in [3.63, 3.8) is 0 Å². The van der Waals surface area contributed by atoms with Gasteiger partial charge in [0.15, 0.2) is 0 Å². The number of aryl methyl sites for hydroxylation is 1. The van der Waals surface area contributed by atoms with Gasteiger partial charge in [-0.3, -0.25) is 4.98 Å². The third-order valence-electron chi connectivity index (χ3n) is 4.13. The molecular formula is C21H18Cl2N4S2. The lowest BCUT2D eigenvalue weighted by atomic mass is 10.1. The lowest BCUT2D eigenvalue weighted by Crippen LogP contribution is -1.94. The van der Waals surface area contributed by atoms with E-state index >= 15 is 0 Å². The average molecular weight is 461 g/mol. The zero-order valence-corrected chi connectivity index (χ0v) is 19.2. The summed E-state index contributed by atoms with van der Waals surface area (Å²) in [5.74, 6) is 0. The Bertz CT molecular complexity index is 1130. The molecule has 0 aliphatic heterocycles. The lowest BCUT2D eigenvalue weighted by molar-refractivity contribution is 0.853. The molecule has 0 fully saturated rings. The molecule has 0 saturated carbocycles. The summed E-state index contributed by atoms with van der Waals surface area (Å²) in [6.45, 7) is 6.33. The van der Waals surface area contributed by atoms with E-state index in [-0.39, 0.29) is 0 Å². The molecule has 4 rings (SSSR count). The quantitative estimate of drug-likeness (QED) is 0.296. The molecule has 0 spiro atoms. The Labute approximate surface area is 187 Å². The van der Waals surface area contributed by atoms with Crippen molar-refractivity contribution >= 4 is 46.3 Å². The zero-order valence-electron chi connectivity index (χ0n) is 16.1. The molecule has 0 aliphatic carbocycles. The number of halogens is 2. The van der Waals surface area contributed by atoms with Crippen molar-refractivity contribution in [1.29, 1.82) is 0 Å². The van der Waals surface area contributed by atoms with Gasteiger partial charge >= 0.3 is 0 Å². The monoisotopic (exact) mass is 460 g/mol. The van der Waals surface area contributed by atoms with E-state index in [9.17, 15) is 0 Å². The van der Waals surface area contributed by atoms with Gasteiger partial charge in [-0.15, -0.1) is 11.8 Å². The number of nitrogens with zero attached hydrogens (tertiary/aromatic N) is 4. The Kier molecular flexibility index (Phi) is 5.97. The Hall–Kier alpha value is -1.86. The molecule has 0 aliphatic rings. The molecule has 0 unspecified atom stereocenters. The van der Waals surface area contributed by atoms with Crippen molar-refractivity contribution in [2.24, 2.45) is 0 Å². The first-order valence-electron chi connectivity index (χ1n) is 9.01. The molecule has 3 aromatic heterocycles. The summed E-state index contributed by atoms with van der Waals surface area (Å²) in [7, 11) is 0. The minimum Gasteiger partial charge on any atom is -0.264 e.